The van der Waals surface area contributed by atoms with Gasteiger partial charge in [-0.15, -0.1) is 0 Å². The molecular weight excluding hydrogens is 252 g/mol. The Morgan fingerprint density at radius 1 is 1.59 bits per heavy atom. The van der Waals surface area contributed by atoms with E-state index in [9.17, 15) is 0 Å². The molecule has 94 valence electrons. The Kier molecular flexibility index (Phi) is 5.89. The normalized spacial score (nSPS) is 14.2. The lowest BCUT2D eigenvalue weighted by molar-refractivity contribution is 0.426. The number of hydrogen-bond donors (Lipinski definition) is 1. The van der Waals surface area contributed by atoms with Crippen molar-refractivity contribution < 1.29 is 0 Å². The van der Waals surface area contributed by atoms with E-state index in [0.717, 1.165) is 35.3 Å². The number of nitrogens with one attached hydrogen (secondary N) is 1. The summed E-state index contributed by atoms with van der Waals surface area (Å²) in [4.78, 5) is 4.29. The average Bonchev–Trinajstić information content (AvgIpc) is 2.71. The second kappa shape index (κ2) is 6.94. The van der Waals surface area contributed by atoms with Crippen LogP contribution in [-0.4, -0.2) is 27.2 Å². The molecule has 1 atom stereocenters. The number of aryl methyl sites for hydroxylation is 1. The van der Waals surface area contributed by atoms with Crippen LogP contribution in [0.2, 0.25) is 0 Å². The lowest BCUT2D eigenvalue weighted by atomic mass is 9.98. The molecule has 0 saturated carbocycles. The van der Waals surface area contributed by atoms with Gasteiger partial charge in [0.2, 0.25) is 0 Å². The number of nitriles is 1. The molecule has 0 aliphatic heterocycles. The van der Waals surface area contributed by atoms with Gasteiger partial charge in [0.05, 0.1) is 6.07 Å². The third-order valence-electron chi connectivity index (χ3n) is 2.37. The van der Waals surface area contributed by atoms with Crippen LogP contribution in [0.5, 0.6) is 0 Å². The molecule has 0 radical (unpaired) electrons. The van der Waals surface area contributed by atoms with Gasteiger partial charge in [0.15, 0.2) is 4.34 Å². The molecule has 0 aliphatic rings. The van der Waals surface area contributed by atoms with E-state index in [1.54, 1.807) is 11.8 Å². The van der Waals surface area contributed by atoms with Gasteiger partial charge in [-0.1, -0.05) is 18.7 Å². The van der Waals surface area contributed by atoms with Crippen LogP contribution in [0.3, 0.4) is 0 Å². The van der Waals surface area contributed by atoms with Crippen molar-refractivity contribution in [1.82, 2.24) is 14.7 Å². The van der Waals surface area contributed by atoms with Gasteiger partial charge in [-0.2, -0.15) is 9.64 Å². The second-order valence-electron chi connectivity index (χ2n) is 4.03. The van der Waals surface area contributed by atoms with Crippen LogP contribution in [0, 0.1) is 18.3 Å². The monoisotopic (exact) mass is 270 g/mol. The van der Waals surface area contributed by atoms with E-state index in [1.165, 1.54) is 11.5 Å². The maximum Gasteiger partial charge on any atom is 0.170 e. The van der Waals surface area contributed by atoms with Crippen LogP contribution in [0.4, 0.5) is 0 Å². The fourth-order valence-electron chi connectivity index (χ4n) is 1.50. The van der Waals surface area contributed by atoms with Crippen molar-refractivity contribution in [2.24, 2.45) is 0 Å². The summed E-state index contributed by atoms with van der Waals surface area (Å²) in [5.41, 5.74) is -0.396. The first-order chi connectivity index (χ1) is 8.09. The zero-order valence-electron chi connectivity index (χ0n) is 10.5. The molecule has 1 unspecified atom stereocenters. The zero-order chi connectivity index (χ0) is 12.7. The number of nitrogens with zero attached hydrogens (tertiary/aromatic N) is 3. The molecule has 1 aromatic heterocycles. The first-order valence-electron chi connectivity index (χ1n) is 5.69. The van der Waals surface area contributed by atoms with Crippen molar-refractivity contribution in [3.8, 4) is 6.07 Å². The molecule has 0 aromatic carbocycles. The van der Waals surface area contributed by atoms with Gasteiger partial charge in [0, 0.05) is 5.75 Å². The third-order valence-corrected chi connectivity index (χ3v) is 4.38. The number of aromatic nitrogens is 2. The SMILES string of the molecule is CCNC(C)(C#N)CCCSc1nc(C)ns1. The molecule has 0 aliphatic carbocycles. The molecule has 1 N–H and O–H groups in total. The lowest BCUT2D eigenvalue weighted by Crippen LogP contribution is -2.40. The summed E-state index contributed by atoms with van der Waals surface area (Å²) in [5.74, 6) is 1.82. The van der Waals surface area contributed by atoms with Crippen LogP contribution in [0.15, 0.2) is 4.34 Å². The second-order valence-corrected chi connectivity index (χ2v) is 6.13. The summed E-state index contributed by atoms with van der Waals surface area (Å²) in [6.45, 7) is 6.70. The molecule has 0 bridgehead atoms. The molecule has 17 heavy (non-hydrogen) atoms. The van der Waals surface area contributed by atoms with E-state index in [1.807, 2.05) is 20.8 Å². The maximum absolute atomic E-state index is 9.10. The molecule has 0 fully saturated rings. The molecule has 1 heterocycles. The molecule has 4 nitrogen and oxygen atoms in total. The minimum absolute atomic E-state index is 0.396. The molecule has 0 saturated heterocycles. The van der Waals surface area contributed by atoms with E-state index in [-0.39, 0.29) is 0 Å². The summed E-state index contributed by atoms with van der Waals surface area (Å²) in [5, 5.41) is 12.3. The highest BCUT2D eigenvalue weighted by Crippen LogP contribution is 2.22. The van der Waals surface area contributed by atoms with Gasteiger partial charge in [-0.05, 0) is 44.8 Å². The minimum Gasteiger partial charge on any atom is -0.300 e. The average molecular weight is 270 g/mol. The van der Waals surface area contributed by atoms with Crippen LogP contribution >= 0.6 is 23.3 Å². The predicted octanol–water partition coefficient (Wildman–Crippen LogP) is 2.61. The van der Waals surface area contributed by atoms with Crippen molar-refractivity contribution in [2.45, 2.75) is 43.5 Å². The van der Waals surface area contributed by atoms with Crippen LogP contribution < -0.4 is 5.32 Å². The van der Waals surface area contributed by atoms with Crippen LogP contribution in [0.1, 0.15) is 32.5 Å². The van der Waals surface area contributed by atoms with E-state index in [4.69, 9.17) is 5.26 Å². The van der Waals surface area contributed by atoms with Gasteiger partial charge < -0.3 is 0 Å². The highest BCUT2D eigenvalue weighted by Gasteiger charge is 2.21. The Morgan fingerprint density at radius 3 is 2.88 bits per heavy atom. The van der Waals surface area contributed by atoms with Gasteiger partial charge >= 0.3 is 0 Å². The van der Waals surface area contributed by atoms with Gasteiger partial charge in [0.25, 0.3) is 0 Å². The third kappa shape index (κ3) is 5.02. The van der Waals surface area contributed by atoms with Crippen molar-refractivity contribution in [2.75, 3.05) is 12.3 Å². The minimum atomic E-state index is -0.396. The topological polar surface area (TPSA) is 61.6 Å². The van der Waals surface area contributed by atoms with E-state index in [2.05, 4.69) is 20.7 Å². The fourth-order valence-corrected chi connectivity index (χ4v) is 3.15. The number of hydrogen-bond acceptors (Lipinski definition) is 6. The van der Waals surface area contributed by atoms with Crippen LogP contribution in [-0.2, 0) is 0 Å². The smallest absolute Gasteiger partial charge is 0.170 e. The first-order valence-corrected chi connectivity index (χ1v) is 7.45. The van der Waals surface area contributed by atoms with Crippen molar-refractivity contribution in [3.05, 3.63) is 5.82 Å². The largest absolute Gasteiger partial charge is 0.300 e. The summed E-state index contributed by atoms with van der Waals surface area (Å²) >= 11 is 3.16. The van der Waals surface area contributed by atoms with Crippen molar-refractivity contribution >= 4 is 23.3 Å². The zero-order valence-corrected chi connectivity index (χ0v) is 12.1. The quantitative estimate of drug-likeness (QED) is 0.609. The van der Waals surface area contributed by atoms with E-state index >= 15 is 0 Å². The highest BCUT2D eigenvalue weighted by atomic mass is 32.2. The fraction of sp³-hybridized carbons (Fsp3) is 0.727. The predicted molar refractivity (Wildman–Crippen MR) is 72.3 cm³/mol. The Hall–Kier alpha value is -0.640. The number of rotatable bonds is 7. The number of thioether (sulfide) groups is 1. The van der Waals surface area contributed by atoms with Crippen LogP contribution in [0.25, 0.3) is 0 Å². The molecule has 1 rings (SSSR count). The Balaban J connectivity index is 2.26. The van der Waals surface area contributed by atoms with Crippen molar-refractivity contribution in [3.63, 3.8) is 0 Å². The Morgan fingerprint density at radius 2 is 2.35 bits per heavy atom. The highest BCUT2D eigenvalue weighted by molar-refractivity contribution is 8.00. The summed E-state index contributed by atoms with van der Waals surface area (Å²) in [6, 6.07) is 2.34. The summed E-state index contributed by atoms with van der Waals surface area (Å²) in [6.07, 6.45) is 1.86. The standard InChI is InChI=1S/C11H18N4S2/c1-4-13-11(3,8-12)6-5-7-16-10-14-9(2)15-17-10/h13H,4-7H2,1-3H3. The first kappa shape index (κ1) is 14.4. The Bertz CT molecular complexity index is 385. The Labute approximate surface area is 111 Å². The lowest BCUT2D eigenvalue weighted by Gasteiger charge is -2.21. The molecular formula is C11H18N4S2. The summed E-state index contributed by atoms with van der Waals surface area (Å²) in [7, 11) is 0. The van der Waals surface area contributed by atoms with E-state index in [0.29, 0.717) is 0 Å². The van der Waals surface area contributed by atoms with Gasteiger partial charge in [-0.3, -0.25) is 5.32 Å². The molecule has 0 amide bonds. The van der Waals surface area contributed by atoms with E-state index < -0.39 is 5.54 Å². The van der Waals surface area contributed by atoms with Gasteiger partial charge in [0.1, 0.15) is 11.4 Å². The molecule has 1 aromatic rings. The summed E-state index contributed by atoms with van der Waals surface area (Å²) < 4.78 is 5.15. The van der Waals surface area contributed by atoms with Gasteiger partial charge in [-0.25, -0.2) is 4.98 Å². The molecule has 0 spiro atoms. The molecule has 6 heteroatoms. The maximum atomic E-state index is 9.10. The van der Waals surface area contributed by atoms with Crippen molar-refractivity contribution in [1.29, 1.82) is 5.26 Å².